The fraction of sp³-hybridized carbons (Fsp3) is 0.333. The normalized spacial score (nSPS) is 12.6. The van der Waals surface area contributed by atoms with Gasteiger partial charge < -0.3 is 19.7 Å². The Morgan fingerprint density at radius 1 is 0.926 bits per heavy atom. The maximum atomic E-state index is 10.1. The summed E-state index contributed by atoms with van der Waals surface area (Å²) in [6.45, 7) is 2.64. The van der Waals surface area contributed by atoms with Gasteiger partial charge in [-0.1, -0.05) is 19.1 Å². The standard InChI is InChI=1S/C21H26N2O4/c1-4-17(23-14-16-8-6-10-19(27-3)21(16)25)11-12-22-13-15-7-5-9-18(26-2)20(15)24/h5-10,13-14,17,24-25H,4,11-12H2,1-3H3. The molecule has 0 heterocycles. The van der Waals surface area contributed by atoms with Crippen molar-refractivity contribution in [3.05, 3.63) is 47.5 Å². The molecule has 1 atom stereocenters. The van der Waals surface area contributed by atoms with Crippen LogP contribution in [0.1, 0.15) is 30.9 Å². The number of ether oxygens (including phenoxy) is 2. The molecule has 0 amide bonds. The van der Waals surface area contributed by atoms with Gasteiger partial charge in [-0.15, -0.1) is 0 Å². The monoisotopic (exact) mass is 370 g/mol. The van der Waals surface area contributed by atoms with Gasteiger partial charge in [-0.25, -0.2) is 0 Å². The first-order valence-corrected chi connectivity index (χ1v) is 8.85. The highest BCUT2D eigenvalue weighted by Gasteiger charge is 2.07. The highest BCUT2D eigenvalue weighted by atomic mass is 16.5. The summed E-state index contributed by atoms with van der Waals surface area (Å²) in [6.07, 6.45) is 4.94. The van der Waals surface area contributed by atoms with Crippen molar-refractivity contribution in [3.8, 4) is 23.0 Å². The second kappa shape index (κ2) is 10.2. The average molecular weight is 370 g/mol. The van der Waals surface area contributed by atoms with E-state index >= 15 is 0 Å². The number of phenols is 2. The molecule has 6 nitrogen and oxygen atoms in total. The smallest absolute Gasteiger partial charge is 0.166 e. The van der Waals surface area contributed by atoms with E-state index in [9.17, 15) is 10.2 Å². The van der Waals surface area contributed by atoms with Crippen LogP contribution in [0.25, 0.3) is 0 Å². The molecule has 0 fully saturated rings. The first kappa shape index (κ1) is 20.3. The SMILES string of the molecule is CCC(CCN=Cc1cccc(OC)c1O)N=Cc1cccc(OC)c1O. The molecule has 2 aromatic carbocycles. The first-order chi connectivity index (χ1) is 13.1. The highest BCUT2D eigenvalue weighted by Crippen LogP contribution is 2.29. The predicted molar refractivity (Wildman–Crippen MR) is 108 cm³/mol. The molecular formula is C21H26N2O4. The number of rotatable bonds is 9. The highest BCUT2D eigenvalue weighted by molar-refractivity contribution is 5.85. The summed E-state index contributed by atoms with van der Waals surface area (Å²) < 4.78 is 10.2. The van der Waals surface area contributed by atoms with Crippen molar-refractivity contribution in [2.75, 3.05) is 20.8 Å². The van der Waals surface area contributed by atoms with Gasteiger partial charge in [-0.3, -0.25) is 9.98 Å². The Balaban J connectivity index is 1.96. The van der Waals surface area contributed by atoms with Gasteiger partial charge in [0.25, 0.3) is 0 Å². The zero-order valence-electron chi connectivity index (χ0n) is 15.9. The van der Waals surface area contributed by atoms with Crippen molar-refractivity contribution in [2.24, 2.45) is 9.98 Å². The fourth-order valence-corrected chi connectivity index (χ4v) is 2.57. The van der Waals surface area contributed by atoms with Crippen molar-refractivity contribution in [3.63, 3.8) is 0 Å². The summed E-state index contributed by atoms with van der Waals surface area (Å²) in [5.41, 5.74) is 1.24. The second-order valence-electron chi connectivity index (χ2n) is 5.96. The van der Waals surface area contributed by atoms with Crippen molar-refractivity contribution >= 4 is 12.4 Å². The number of aromatic hydroxyl groups is 2. The number of methoxy groups -OCH3 is 2. The second-order valence-corrected chi connectivity index (χ2v) is 5.96. The van der Waals surface area contributed by atoms with Crippen LogP contribution in [0.4, 0.5) is 0 Å². The molecule has 2 aromatic rings. The molecular weight excluding hydrogens is 344 g/mol. The Morgan fingerprint density at radius 3 is 2.00 bits per heavy atom. The molecule has 0 aliphatic heterocycles. The summed E-state index contributed by atoms with van der Waals surface area (Å²) in [5.74, 6) is 1.02. The van der Waals surface area contributed by atoms with Gasteiger partial charge in [0.1, 0.15) is 0 Å². The molecule has 27 heavy (non-hydrogen) atoms. The van der Waals surface area contributed by atoms with Gasteiger partial charge >= 0.3 is 0 Å². The average Bonchev–Trinajstić information content (AvgIpc) is 2.69. The lowest BCUT2D eigenvalue weighted by atomic mass is 10.1. The van der Waals surface area contributed by atoms with Crippen LogP contribution >= 0.6 is 0 Å². The summed E-state index contributed by atoms with van der Waals surface area (Å²) in [4.78, 5) is 8.94. The number of nitrogens with zero attached hydrogens (tertiary/aromatic N) is 2. The van der Waals surface area contributed by atoms with Gasteiger partial charge in [0.15, 0.2) is 23.0 Å². The number of benzene rings is 2. The number of aliphatic imine (C=N–C) groups is 2. The molecule has 0 aliphatic rings. The quantitative estimate of drug-likeness (QED) is 0.657. The third-order valence-corrected chi connectivity index (χ3v) is 4.22. The van der Waals surface area contributed by atoms with Gasteiger partial charge in [-0.2, -0.15) is 0 Å². The van der Waals surface area contributed by atoms with Gasteiger partial charge in [-0.05, 0) is 37.1 Å². The van der Waals surface area contributed by atoms with E-state index in [1.54, 1.807) is 42.8 Å². The molecule has 0 radical (unpaired) electrons. The molecule has 2 rings (SSSR count). The van der Waals surface area contributed by atoms with Crippen LogP contribution in [0.15, 0.2) is 46.4 Å². The molecule has 0 aromatic heterocycles. The van der Waals surface area contributed by atoms with Crippen LogP contribution in [-0.4, -0.2) is 49.4 Å². The minimum Gasteiger partial charge on any atom is -0.504 e. The molecule has 2 N–H and O–H groups in total. The summed E-state index contributed by atoms with van der Waals surface area (Å²) >= 11 is 0. The Kier molecular flexibility index (Phi) is 7.67. The summed E-state index contributed by atoms with van der Waals surface area (Å²) in [5, 5.41) is 20.2. The molecule has 6 heteroatoms. The van der Waals surface area contributed by atoms with Crippen LogP contribution in [0.5, 0.6) is 23.0 Å². The van der Waals surface area contributed by atoms with Crippen molar-refractivity contribution in [2.45, 2.75) is 25.8 Å². The Bertz CT molecular complexity index is 803. The molecule has 144 valence electrons. The van der Waals surface area contributed by atoms with E-state index in [1.165, 1.54) is 14.2 Å². The van der Waals surface area contributed by atoms with Crippen molar-refractivity contribution < 1.29 is 19.7 Å². The third kappa shape index (κ3) is 5.48. The van der Waals surface area contributed by atoms with Crippen LogP contribution in [0.3, 0.4) is 0 Å². The van der Waals surface area contributed by atoms with Gasteiger partial charge in [0.2, 0.25) is 0 Å². The maximum Gasteiger partial charge on any atom is 0.166 e. The minimum atomic E-state index is 0.0855. The van der Waals surface area contributed by atoms with Crippen molar-refractivity contribution in [1.29, 1.82) is 0 Å². The predicted octanol–water partition coefficient (Wildman–Crippen LogP) is 3.82. The van der Waals surface area contributed by atoms with E-state index in [2.05, 4.69) is 16.9 Å². The number of hydrogen-bond acceptors (Lipinski definition) is 6. The van der Waals surface area contributed by atoms with E-state index in [1.807, 2.05) is 6.07 Å². The lowest BCUT2D eigenvalue weighted by Gasteiger charge is -2.09. The zero-order chi connectivity index (χ0) is 19.6. The number of hydrogen-bond donors (Lipinski definition) is 2. The Hall–Kier alpha value is -3.02. The lowest BCUT2D eigenvalue weighted by molar-refractivity contribution is 0.373. The van der Waals surface area contributed by atoms with Crippen molar-refractivity contribution in [1.82, 2.24) is 0 Å². The maximum absolute atomic E-state index is 10.1. The minimum absolute atomic E-state index is 0.0855. The molecule has 0 spiro atoms. The van der Waals surface area contributed by atoms with E-state index in [0.717, 1.165) is 12.8 Å². The zero-order valence-corrected chi connectivity index (χ0v) is 15.9. The van der Waals surface area contributed by atoms with Gasteiger partial charge in [0, 0.05) is 30.1 Å². The van der Waals surface area contributed by atoms with Crippen LogP contribution < -0.4 is 9.47 Å². The van der Waals surface area contributed by atoms with E-state index < -0.39 is 0 Å². The van der Waals surface area contributed by atoms with Crippen LogP contribution in [0.2, 0.25) is 0 Å². The Morgan fingerprint density at radius 2 is 1.48 bits per heavy atom. The van der Waals surface area contributed by atoms with Crippen LogP contribution in [-0.2, 0) is 0 Å². The number of phenolic OH excluding ortho intramolecular Hbond substituents is 2. The van der Waals surface area contributed by atoms with Gasteiger partial charge in [0.05, 0.1) is 20.3 Å². The van der Waals surface area contributed by atoms with E-state index in [0.29, 0.717) is 29.2 Å². The molecule has 0 saturated heterocycles. The van der Waals surface area contributed by atoms with E-state index in [-0.39, 0.29) is 17.5 Å². The molecule has 0 aliphatic carbocycles. The summed E-state index contributed by atoms with van der Waals surface area (Å²) in [7, 11) is 3.03. The lowest BCUT2D eigenvalue weighted by Crippen LogP contribution is -2.05. The molecule has 1 unspecified atom stereocenters. The number of para-hydroxylation sites is 2. The third-order valence-electron chi connectivity index (χ3n) is 4.22. The summed E-state index contributed by atoms with van der Waals surface area (Å²) in [6, 6.07) is 10.7. The topological polar surface area (TPSA) is 83.6 Å². The van der Waals surface area contributed by atoms with E-state index in [4.69, 9.17) is 9.47 Å². The molecule has 0 bridgehead atoms. The Labute approximate surface area is 159 Å². The van der Waals surface area contributed by atoms with Crippen LogP contribution in [0, 0.1) is 0 Å². The molecule has 0 saturated carbocycles. The first-order valence-electron chi connectivity index (χ1n) is 8.85. The fourth-order valence-electron chi connectivity index (χ4n) is 2.57. The largest absolute Gasteiger partial charge is 0.504 e.